The maximum absolute atomic E-state index is 9.98. The Morgan fingerprint density at radius 1 is 1.50 bits per heavy atom. The van der Waals surface area contributed by atoms with E-state index in [-0.39, 0.29) is 6.04 Å². The molecule has 0 amide bonds. The molecule has 0 bridgehead atoms. The first-order valence-corrected chi connectivity index (χ1v) is 5.73. The van der Waals surface area contributed by atoms with Gasteiger partial charge in [-0.3, -0.25) is 0 Å². The van der Waals surface area contributed by atoms with Crippen LogP contribution in [-0.2, 0) is 0 Å². The second-order valence-corrected chi connectivity index (χ2v) is 4.42. The highest BCUT2D eigenvalue weighted by atomic mass is 79.9. The van der Waals surface area contributed by atoms with Crippen LogP contribution in [0.15, 0.2) is 21.2 Å². The van der Waals surface area contributed by atoms with Crippen LogP contribution in [0, 0.1) is 0 Å². The zero-order chi connectivity index (χ0) is 9.97. The lowest BCUT2D eigenvalue weighted by Gasteiger charge is -2.26. The van der Waals surface area contributed by atoms with Gasteiger partial charge in [-0.25, -0.2) is 0 Å². The molecule has 1 saturated heterocycles. The molecule has 2 rings (SSSR count). The molecule has 0 spiro atoms. The van der Waals surface area contributed by atoms with E-state index in [4.69, 9.17) is 4.42 Å². The van der Waals surface area contributed by atoms with Crippen molar-refractivity contribution in [1.29, 1.82) is 0 Å². The maximum Gasteiger partial charge on any atom is 0.169 e. The van der Waals surface area contributed by atoms with Crippen LogP contribution >= 0.6 is 15.9 Å². The van der Waals surface area contributed by atoms with Crippen molar-refractivity contribution in [2.24, 2.45) is 0 Å². The van der Waals surface area contributed by atoms with Gasteiger partial charge < -0.3 is 14.8 Å². The van der Waals surface area contributed by atoms with Crippen molar-refractivity contribution in [2.75, 3.05) is 6.54 Å². The molecule has 0 aromatic carbocycles. The zero-order valence-corrected chi connectivity index (χ0v) is 9.46. The molecule has 2 atom stereocenters. The summed E-state index contributed by atoms with van der Waals surface area (Å²) in [5.41, 5.74) is 0. The van der Waals surface area contributed by atoms with E-state index in [2.05, 4.69) is 21.2 Å². The van der Waals surface area contributed by atoms with Crippen LogP contribution < -0.4 is 5.32 Å². The normalized spacial score (nSPS) is 24.9. The van der Waals surface area contributed by atoms with Crippen LogP contribution in [0.5, 0.6) is 0 Å². The van der Waals surface area contributed by atoms with Gasteiger partial charge in [-0.05, 0) is 47.4 Å². The molecule has 1 fully saturated rings. The van der Waals surface area contributed by atoms with Gasteiger partial charge in [-0.1, -0.05) is 6.42 Å². The molecular weight excluding hydrogens is 246 g/mol. The molecule has 0 radical (unpaired) electrons. The summed E-state index contributed by atoms with van der Waals surface area (Å²) in [7, 11) is 0. The average molecular weight is 260 g/mol. The van der Waals surface area contributed by atoms with Crippen molar-refractivity contribution in [3.63, 3.8) is 0 Å². The fourth-order valence-corrected chi connectivity index (χ4v) is 2.15. The average Bonchev–Trinajstić information content (AvgIpc) is 2.65. The van der Waals surface area contributed by atoms with E-state index in [9.17, 15) is 5.11 Å². The van der Waals surface area contributed by atoms with Crippen LogP contribution in [0.1, 0.15) is 31.1 Å². The molecule has 1 aromatic heterocycles. The first-order chi connectivity index (χ1) is 6.77. The number of aliphatic hydroxyl groups is 1. The molecule has 0 saturated carbocycles. The summed E-state index contributed by atoms with van der Waals surface area (Å²) in [6.45, 7) is 0.990. The highest BCUT2D eigenvalue weighted by Gasteiger charge is 2.24. The number of hydrogen-bond acceptors (Lipinski definition) is 3. The Morgan fingerprint density at radius 2 is 2.36 bits per heavy atom. The minimum absolute atomic E-state index is 0.141. The Morgan fingerprint density at radius 3 is 2.93 bits per heavy atom. The molecule has 3 nitrogen and oxygen atoms in total. The lowest BCUT2D eigenvalue weighted by molar-refractivity contribution is 0.0915. The van der Waals surface area contributed by atoms with E-state index in [1.165, 1.54) is 12.8 Å². The fourth-order valence-electron chi connectivity index (χ4n) is 1.83. The molecule has 4 heteroatoms. The van der Waals surface area contributed by atoms with Gasteiger partial charge in [0.2, 0.25) is 0 Å². The maximum atomic E-state index is 9.98. The standard InChI is InChI=1S/C10H14BrNO2/c11-9-5-4-8(14-9)10(13)7-3-1-2-6-12-7/h4-5,7,10,12-13H,1-3,6H2. The number of aliphatic hydroxyl groups excluding tert-OH is 1. The summed E-state index contributed by atoms with van der Waals surface area (Å²) < 4.78 is 5.99. The van der Waals surface area contributed by atoms with Gasteiger partial charge in [0.1, 0.15) is 11.9 Å². The Hall–Kier alpha value is -0.320. The van der Waals surface area contributed by atoms with Crippen molar-refractivity contribution >= 4 is 15.9 Å². The molecular formula is C10H14BrNO2. The molecule has 14 heavy (non-hydrogen) atoms. The third-order valence-electron chi connectivity index (χ3n) is 2.62. The Balaban J connectivity index is 2.03. The number of furan rings is 1. The Labute approximate surface area is 91.6 Å². The fraction of sp³-hybridized carbons (Fsp3) is 0.600. The summed E-state index contributed by atoms with van der Waals surface area (Å²) in [6, 6.07) is 3.76. The second kappa shape index (κ2) is 4.47. The van der Waals surface area contributed by atoms with Crippen molar-refractivity contribution in [3.8, 4) is 0 Å². The predicted molar refractivity (Wildman–Crippen MR) is 57.0 cm³/mol. The number of halogens is 1. The smallest absolute Gasteiger partial charge is 0.169 e. The SMILES string of the molecule is OC(c1ccc(Br)o1)C1CCCCN1. The predicted octanol–water partition coefficient (Wildman–Crippen LogP) is 2.22. The Kier molecular flexibility index (Phi) is 3.26. The highest BCUT2D eigenvalue weighted by molar-refractivity contribution is 9.10. The lowest BCUT2D eigenvalue weighted by Crippen LogP contribution is -2.38. The summed E-state index contributed by atoms with van der Waals surface area (Å²) in [4.78, 5) is 0. The zero-order valence-electron chi connectivity index (χ0n) is 7.87. The van der Waals surface area contributed by atoms with Gasteiger partial charge in [0.25, 0.3) is 0 Å². The number of nitrogens with one attached hydrogen (secondary N) is 1. The summed E-state index contributed by atoms with van der Waals surface area (Å²) in [5.74, 6) is 0.635. The summed E-state index contributed by atoms with van der Waals surface area (Å²) in [6.07, 6.45) is 2.86. The monoisotopic (exact) mass is 259 g/mol. The molecule has 2 heterocycles. The van der Waals surface area contributed by atoms with E-state index in [1.54, 1.807) is 6.07 Å². The molecule has 2 unspecified atom stereocenters. The lowest BCUT2D eigenvalue weighted by atomic mass is 9.98. The molecule has 2 N–H and O–H groups in total. The molecule has 1 aromatic rings. The molecule has 1 aliphatic heterocycles. The van der Waals surface area contributed by atoms with Crippen molar-refractivity contribution < 1.29 is 9.52 Å². The number of rotatable bonds is 2. The number of piperidine rings is 1. The second-order valence-electron chi connectivity index (χ2n) is 3.64. The van der Waals surface area contributed by atoms with Crippen molar-refractivity contribution in [3.05, 3.63) is 22.6 Å². The van der Waals surface area contributed by atoms with Crippen LogP contribution in [0.4, 0.5) is 0 Å². The third-order valence-corrected chi connectivity index (χ3v) is 3.04. The molecule has 0 aliphatic carbocycles. The van der Waals surface area contributed by atoms with Gasteiger partial charge in [0, 0.05) is 6.04 Å². The summed E-state index contributed by atoms with van der Waals surface area (Å²) in [5, 5.41) is 13.3. The van der Waals surface area contributed by atoms with Gasteiger partial charge in [0.15, 0.2) is 4.67 Å². The van der Waals surface area contributed by atoms with Crippen LogP contribution in [0.25, 0.3) is 0 Å². The van der Waals surface area contributed by atoms with Gasteiger partial charge in [-0.2, -0.15) is 0 Å². The van der Waals surface area contributed by atoms with E-state index in [0.717, 1.165) is 13.0 Å². The first-order valence-electron chi connectivity index (χ1n) is 4.94. The minimum Gasteiger partial charge on any atom is -0.452 e. The minimum atomic E-state index is -0.526. The third kappa shape index (κ3) is 2.19. The topological polar surface area (TPSA) is 45.4 Å². The van der Waals surface area contributed by atoms with E-state index in [1.807, 2.05) is 6.07 Å². The molecule has 78 valence electrons. The quantitative estimate of drug-likeness (QED) is 0.857. The van der Waals surface area contributed by atoms with Crippen LogP contribution in [0.3, 0.4) is 0 Å². The summed E-state index contributed by atoms with van der Waals surface area (Å²) >= 11 is 3.23. The van der Waals surface area contributed by atoms with Gasteiger partial charge in [0.05, 0.1) is 0 Å². The van der Waals surface area contributed by atoms with Crippen molar-refractivity contribution in [1.82, 2.24) is 5.32 Å². The van der Waals surface area contributed by atoms with Gasteiger partial charge in [-0.15, -0.1) is 0 Å². The highest BCUT2D eigenvalue weighted by Crippen LogP contribution is 2.26. The van der Waals surface area contributed by atoms with E-state index < -0.39 is 6.10 Å². The Bertz CT molecular complexity index is 294. The first kappa shape index (κ1) is 10.2. The van der Waals surface area contributed by atoms with Crippen LogP contribution in [-0.4, -0.2) is 17.7 Å². The van der Waals surface area contributed by atoms with Crippen molar-refractivity contribution in [2.45, 2.75) is 31.4 Å². The van der Waals surface area contributed by atoms with Gasteiger partial charge >= 0.3 is 0 Å². The van der Waals surface area contributed by atoms with E-state index in [0.29, 0.717) is 10.4 Å². The van der Waals surface area contributed by atoms with Crippen LogP contribution in [0.2, 0.25) is 0 Å². The molecule has 1 aliphatic rings. The van der Waals surface area contributed by atoms with E-state index >= 15 is 0 Å². The number of hydrogen-bond donors (Lipinski definition) is 2. The largest absolute Gasteiger partial charge is 0.452 e.